The Bertz CT molecular complexity index is 962. The van der Waals surface area contributed by atoms with E-state index in [1.165, 1.54) is 12.1 Å². The average molecular weight is 483 g/mol. The molecule has 9 heteroatoms. The summed E-state index contributed by atoms with van der Waals surface area (Å²) in [5, 5.41) is 10.7. The van der Waals surface area contributed by atoms with E-state index in [4.69, 9.17) is 32.7 Å². The summed E-state index contributed by atoms with van der Waals surface area (Å²) in [5.74, 6) is -0.538. The average Bonchev–Trinajstić information content (AvgIpc) is 2.71. The second-order valence-electron chi connectivity index (χ2n) is 7.78. The lowest BCUT2D eigenvalue weighted by atomic mass is 9.97. The van der Waals surface area contributed by atoms with Crippen molar-refractivity contribution in [3.63, 3.8) is 0 Å². The van der Waals surface area contributed by atoms with E-state index in [0.717, 1.165) is 0 Å². The van der Waals surface area contributed by atoms with Gasteiger partial charge in [-0.15, -0.1) is 0 Å². The van der Waals surface area contributed by atoms with Crippen LogP contribution in [0.5, 0.6) is 11.5 Å². The molecule has 32 heavy (non-hydrogen) atoms. The number of halogens is 2. The third kappa shape index (κ3) is 6.59. The van der Waals surface area contributed by atoms with Gasteiger partial charge < -0.3 is 24.4 Å². The molecule has 0 fully saturated rings. The van der Waals surface area contributed by atoms with Crippen LogP contribution in [0.1, 0.15) is 34.0 Å². The van der Waals surface area contributed by atoms with Gasteiger partial charge >= 0.3 is 5.97 Å². The molecule has 0 aliphatic rings. The summed E-state index contributed by atoms with van der Waals surface area (Å²) in [6.45, 7) is 2.53. The van der Waals surface area contributed by atoms with Gasteiger partial charge in [0.2, 0.25) is 0 Å². The minimum absolute atomic E-state index is 0.0226. The van der Waals surface area contributed by atoms with Crippen LogP contribution in [-0.2, 0) is 22.6 Å². The number of ketones is 1. The normalized spacial score (nSPS) is 11.2. The molecule has 0 aliphatic heterocycles. The molecule has 0 unspecified atom stereocenters. The van der Waals surface area contributed by atoms with Crippen molar-refractivity contribution >= 4 is 35.0 Å². The highest BCUT2D eigenvalue weighted by molar-refractivity contribution is 6.45. The quantitative estimate of drug-likeness (QED) is 0.404. The zero-order valence-electron chi connectivity index (χ0n) is 18.9. The molecule has 0 aliphatic carbocycles. The number of benzene rings is 2. The van der Waals surface area contributed by atoms with Crippen molar-refractivity contribution in [3.05, 3.63) is 56.6 Å². The van der Waals surface area contributed by atoms with Gasteiger partial charge in [0, 0.05) is 35.3 Å². The number of ether oxygens (including phenoxy) is 2. The number of carbonyl (C=O) groups excluding carboxylic acids is 2. The first-order valence-electron chi connectivity index (χ1n) is 10.00. The van der Waals surface area contributed by atoms with Gasteiger partial charge in [0.1, 0.15) is 16.5 Å². The Labute approximate surface area is 198 Å². The number of esters is 1. The topological polar surface area (TPSA) is 79.3 Å². The first kappa shape index (κ1) is 25.9. The van der Waals surface area contributed by atoms with Crippen molar-refractivity contribution in [1.82, 2.24) is 9.80 Å². The Hall–Kier alpha value is -2.32. The highest BCUT2D eigenvalue weighted by atomic mass is 35.5. The van der Waals surface area contributed by atoms with Gasteiger partial charge in [-0.2, -0.15) is 0 Å². The van der Waals surface area contributed by atoms with Crippen molar-refractivity contribution in [2.24, 2.45) is 0 Å². The predicted octanol–water partition coefficient (Wildman–Crippen LogP) is 4.00. The molecule has 0 saturated carbocycles. The summed E-state index contributed by atoms with van der Waals surface area (Å²) in [6, 6.07) is 6.31. The zero-order valence-corrected chi connectivity index (χ0v) is 20.4. The zero-order chi connectivity index (χ0) is 24.0. The molecule has 1 N–H and O–H groups in total. The summed E-state index contributed by atoms with van der Waals surface area (Å²) < 4.78 is 10.2. The molecule has 2 rings (SSSR count). The Morgan fingerprint density at radius 1 is 0.969 bits per heavy atom. The summed E-state index contributed by atoms with van der Waals surface area (Å²) in [7, 11) is 7.52. The molecular formula is C23H28Cl2N2O5. The summed E-state index contributed by atoms with van der Waals surface area (Å²) in [6.07, 6.45) is 0. The van der Waals surface area contributed by atoms with E-state index in [9.17, 15) is 14.7 Å². The lowest BCUT2D eigenvalue weighted by Gasteiger charge is -2.18. The lowest BCUT2D eigenvalue weighted by molar-refractivity contribution is -0.145. The van der Waals surface area contributed by atoms with Crippen molar-refractivity contribution in [2.75, 3.05) is 41.4 Å². The van der Waals surface area contributed by atoms with Crippen LogP contribution >= 0.6 is 23.2 Å². The third-order valence-electron chi connectivity index (χ3n) is 4.45. The highest BCUT2D eigenvalue weighted by Crippen LogP contribution is 2.36. The van der Waals surface area contributed by atoms with Crippen molar-refractivity contribution in [3.8, 4) is 11.5 Å². The van der Waals surface area contributed by atoms with Crippen LogP contribution in [0.4, 0.5) is 0 Å². The van der Waals surface area contributed by atoms with E-state index in [0.29, 0.717) is 29.8 Å². The van der Waals surface area contributed by atoms with Crippen molar-refractivity contribution in [2.45, 2.75) is 20.0 Å². The molecular weight excluding hydrogens is 455 g/mol. The van der Waals surface area contributed by atoms with E-state index in [-0.39, 0.29) is 46.1 Å². The first-order chi connectivity index (χ1) is 15.0. The maximum atomic E-state index is 13.3. The van der Waals surface area contributed by atoms with Crippen LogP contribution in [0.2, 0.25) is 10.0 Å². The number of aromatic hydroxyl groups is 1. The van der Waals surface area contributed by atoms with Crippen LogP contribution in [0.25, 0.3) is 0 Å². The molecule has 0 spiro atoms. The SMILES string of the molecule is CCOC(=O)COc1ccc(C(=O)c2cc(CN(C)C)c(O)c(CN(C)C)c2)c(Cl)c1Cl. The summed E-state index contributed by atoms with van der Waals surface area (Å²) in [5.41, 5.74) is 1.84. The molecule has 2 aromatic rings. The number of hydrogen-bond donors (Lipinski definition) is 1. The number of rotatable bonds is 10. The smallest absolute Gasteiger partial charge is 0.344 e. The Morgan fingerprint density at radius 2 is 1.53 bits per heavy atom. The number of hydrogen-bond acceptors (Lipinski definition) is 7. The van der Waals surface area contributed by atoms with Crippen molar-refractivity contribution in [1.29, 1.82) is 0 Å². The maximum absolute atomic E-state index is 13.3. The van der Waals surface area contributed by atoms with E-state index >= 15 is 0 Å². The van der Waals surface area contributed by atoms with Crippen LogP contribution < -0.4 is 4.74 Å². The maximum Gasteiger partial charge on any atom is 0.344 e. The molecule has 0 radical (unpaired) electrons. The fraction of sp³-hybridized carbons (Fsp3) is 0.391. The van der Waals surface area contributed by atoms with Crippen LogP contribution in [-0.4, -0.2) is 68.1 Å². The standard InChI is InChI=1S/C23H28Cl2N2O5/c1-6-31-19(28)13-32-18-8-7-17(20(24)21(18)25)23(30)14-9-15(11-26(2)3)22(29)16(10-14)12-27(4)5/h7-10,29H,6,11-13H2,1-5H3. The summed E-state index contributed by atoms with van der Waals surface area (Å²) in [4.78, 5) is 28.6. The molecule has 0 heterocycles. The van der Waals surface area contributed by atoms with E-state index in [1.807, 2.05) is 38.0 Å². The molecule has 0 aromatic heterocycles. The fourth-order valence-electron chi connectivity index (χ4n) is 3.13. The summed E-state index contributed by atoms with van der Waals surface area (Å²) >= 11 is 12.7. The Kier molecular flexibility index (Phi) is 9.33. The second kappa shape index (κ2) is 11.5. The van der Waals surface area contributed by atoms with Gasteiger partial charge in [-0.3, -0.25) is 4.79 Å². The third-order valence-corrected chi connectivity index (χ3v) is 5.31. The van der Waals surface area contributed by atoms with Gasteiger partial charge in [0.15, 0.2) is 12.4 Å². The number of nitrogens with zero attached hydrogens (tertiary/aromatic N) is 2. The van der Waals surface area contributed by atoms with E-state index < -0.39 is 5.97 Å². The predicted molar refractivity (Wildman–Crippen MR) is 125 cm³/mol. The Morgan fingerprint density at radius 3 is 2.03 bits per heavy atom. The van der Waals surface area contributed by atoms with Gasteiger partial charge in [0.25, 0.3) is 0 Å². The fourth-order valence-corrected chi connectivity index (χ4v) is 3.59. The molecule has 7 nitrogen and oxygen atoms in total. The molecule has 0 amide bonds. The van der Waals surface area contributed by atoms with Gasteiger partial charge in [-0.25, -0.2) is 4.79 Å². The monoisotopic (exact) mass is 482 g/mol. The number of phenolic OH excluding ortho intramolecular Hbond substituents is 1. The molecule has 2 aromatic carbocycles. The minimum atomic E-state index is -0.536. The molecule has 0 saturated heterocycles. The molecule has 174 valence electrons. The van der Waals surface area contributed by atoms with Crippen LogP contribution in [0, 0.1) is 0 Å². The van der Waals surface area contributed by atoms with E-state index in [1.54, 1.807) is 19.1 Å². The number of phenols is 1. The largest absolute Gasteiger partial charge is 0.507 e. The van der Waals surface area contributed by atoms with Crippen LogP contribution in [0.15, 0.2) is 24.3 Å². The minimum Gasteiger partial charge on any atom is -0.507 e. The molecule has 0 atom stereocenters. The van der Waals surface area contributed by atoms with E-state index in [2.05, 4.69) is 0 Å². The Balaban J connectivity index is 2.41. The first-order valence-corrected chi connectivity index (χ1v) is 10.8. The lowest BCUT2D eigenvalue weighted by Crippen LogP contribution is -2.16. The number of carbonyl (C=O) groups is 2. The highest BCUT2D eigenvalue weighted by Gasteiger charge is 2.21. The van der Waals surface area contributed by atoms with Gasteiger partial charge in [-0.1, -0.05) is 23.2 Å². The second-order valence-corrected chi connectivity index (χ2v) is 8.54. The van der Waals surface area contributed by atoms with Crippen LogP contribution in [0.3, 0.4) is 0 Å². The van der Waals surface area contributed by atoms with Gasteiger partial charge in [0.05, 0.1) is 11.6 Å². The van der Waals surface area contributed by atoms with Gasteiger partial charge in [-0.05, 0) is 59.4 Å². The van der Waals surface area contributed by atoms with Crippen molar-refractivity contribution < 1.29 is 24.2 Å². The molecule has 0 bridgehead atoms.